The van der Waals surface area contributed by atoms with Crippen LogP contribution in [0.3, 0.4) is 0 Å². The molecule has 2 aromatic carbocycles. The van der Waals surface area contributed by atoms with E-state index in [0.29, 0.717) is 22.6 Å². The first-order valence-corrected chi connectivity index (χ1v) is 8.35. The molecule has 0 aliphatic carbocycles. The first-order valence-electron chi connectivity index (χ1n) is 6.87. The van der Waals surface area contributed by atoms with Crippen LogP contribution < -0.4 is 14.8 Å². The number of aryl methyl sites for hydroxylation is 1. The van der Waals surface area contributed by atoms with E-state index in [-0.39, 0.29) is 10.8 Å². The number of ether oxygens (including phenoxy) is 1. The van der Waals surface area contributed by atoms with E-state index >= 15 is 0 Å². The Morgan fingerprint density at radius 2 is 1.87 bits per heavy atom. The minimum absolute atomic E-state index is 0.0430. The summed E-state index contributed by atoms with van der Waals surface area (Å²) in [6.07, 6.45) is 0. The van der Waals surface area contributed by atoms with Gasteiger partial charge in [-0.1, -0.05) is 12.1 Å². The Bertz CT molecular complexity index is 832. The lowest BCUT2D eigenvalue weighted by atomic mass is 10.1. The number of amides is 1. The second kappa shape index (κ2) is 6.80. The molecule has 0 spiro atoms. The Morgan fingerprint density at radius 1 is 1.13 bits per heavy atom. The van der Waals surface area contributed by atoms with Crippen molar-refractivity contribution in [2.45, 2.75) is 11.8 Å². The SMILES string of the molecule is CNS(=O)(=O)c1ccc(C)c(C(=O)Nc2cccc(OC)c2)c1. The molecule has 0 aromatic heterocycles. The van der Waals surface area contributed by atoms with Gasteiger partial charge in [0.1, 0.15) is 5.75 Å². The van der Waals surface area contributed by atoms with Crippen LogP contribution in [-0.4, -0.2) is 28.5 Å². The van der Waals surface area contributed by atoms with Crippen molar-refractivity contribution in [1.29, 1.82) is 0 Å². The number of carbonyl (C=O) groups is 1. The highest BCUT2D eigenvalue weighted by Gasteiger charge is 2.16. The maximum absolute atomic E-state index is 12.4. The van der Waals surface area contributed by atoms with E-state index in [0.717, 1.165) is 0 Å². The lowest BCUT2D eigenvalue weighted by molar-refractivity contribution is 0.102. The monoisotopic (exact) mass is 334 g/mol. The van der Waals surface area contributed by atoms with E-state index in [2.05, 4.69) is 10.0 Å². The van der Waals surface area contributed by atoms with Gasteiger partial charge in [0, 0.05) is 17.3 Å². The molecule has 0 heterocycles. The molecule has 0 bridgehead atoms. The summed E-state index contributed by atoms with van der Waals surface area (Å²) in [4.78, 5) is 12.5. The normalized spacial score (nSPS) is 11.1. The predicted molar refractivity (Wildman–Crippen MR) is 88.4 cm³/mol. The second-order valence-corrected chi connectivity index (χ2v) is 6.76. The molecule has 0 aliphatic rings. The Balaban J connectivity index is 2.33. The van der Waals surface area contributed by atoms with Gasteiger partial charge in [0.05, 0.1) is 12.0 Å². The van der Waals surface area contributed by atoms with Crippen LogP contribution in [-0.2, 0) is 10.0 Å². The number of hydrogen-bond acceptors (Lipinski definition) is 4. The highest BCUT2D eigenvalue weighted by atomic mass is 32.2. The molecule has 0 aliphatic heterocycles. The van der Waals surface area contributed by atoms with Crippen molar-refractivity contribution in [3.05, 3.63) is 53.6 Å². The van der Waals surface area contributed by atoms with Crippen LogP contribution in [0, 0.1) is 6.92 Å². The molecule has 6 nitrogen and oxygen atoms in total. The summed E-state index contributed by atoms with van der Waals surface area (Å²) in [6.45, 7) is 1.75. The van der Waals surface area contributed by atoms with Gasteiger partial charge in [-0.05, 0) is 43.8 Å². The number of benzene rings is 2. The third-order valence-electron chi connectivity index (χ3n) is 3.36. The van der Waals surface area contributed by atoms with Crippen molar-refractivity contribution in [2.24, 2.45) is 0 Å². The lowest BCUT2D eigenvalue weighted by Crippen LogP contribution is -2.20. The minimum atomic E-state index is -3.60. The summed E-state index contributed by atoms with van der Waals surface area (Å²) in [5.74, 6) is 0.231. The van der Waals surface area contributed by atoms with E-state index in [9.17, 15) is 13.2 Å². The van der Waals surface area contributed by atoms with Crippen LogP contribution in [0.4, 0.5) is 5.69 Å². The van der Waals surface area contributed by atoms with Crippen LogP contribution in [0.2, 0.25) is 0 Å². The standard InChI is InChI=1S/C16H18N2O4S/c1-11-7-8-14(23(20,21)17-2)10-15(11)16(19)18-12-5-4-6-13(9-12)22-3/h4-10,17H,1-3H3,(H,18,19). The zero-order chi connectivity index (χ0) is 17.0. The fourth-order valence-corrected chi connectivity index (χ4v) is 2.79. The number of anilines is 1. The quantitative estimate of drug-likeness (QED) is 0.877. The summed E-state index contributed by atoms with van der Waals surface area (Å²) in [6, 6.07) is 11.3. The van der Waals surface area contributed by atoms with Gasteiger partial charge in [-0.25, -0.2) is 13.1 Å². The zero-order valence-corrected chi connectivity index (χ0v) is 13.9. The van der Waals surface area contributed by atoms with Gasteiger partial charge < -0.3 is 10.1 Å². The molecule has 2 aromatic rings. The molecule has 2 N–H and O–H groups in total. The lowest BCUT2D eigenvalue weighted by Gasteiger charge is -2.11. The number of sulfonamides is 1. The average Bonchev–Trinajstić information content (AvgIpc) is 2.55. The van der Waals surface area contributed by atoms with Gasteiger partial charge in [0.2, 0.25) is 10.0 Å². The van der Waals surface area contributed by atoms with Crippen molar-refractivity contribution in [1.82, 2.24) is 4.72 Å². The van der Waals surface area contributed by atoms with E-state index in [1.165, 1.54) is 26.3 Å². The molecule has 0 atom stereocenters. The van der Waals surface area contributed by atoms with Gasteiger partial charge in [-0.2, -0.15) is 0 Å². The van der Waals surface area contributed by atoms with Crippen LogP contribution in [0.1, 0.15) is 15.9 Å². The number of hydrogen-bond donors (Lipinski definition) is 2. The van der Waals surface area contributed by atoms with E-state index in [4.69, 9.17) is 4.74 Å². The van der Waals surface area contributed by atoms with Crippen LogP contribution in [0.25, 0.3) is 0 Å². The second-order valence-electron chi connectivity index (χ2n) is 4.87. The summed E-state index contributed by atoms with van der Waals surface area (Å²) in [5.41, 5.74) is 1.54. The average molecular weight is 334 g/mol. The van der Waals surface area contributed by atoms with Crippen LogP contribution in [0.15, 0.2) is 47.4 Å². The van der Waals surface area contributed by atoms with Crippen molar-refractivity contribution >= 4 is 21.6 Å². The highest BCUT2D eigenvalue weighted by Crippen LogP contribution is 2.20. The van der Waals surface area contributed by atoms with Gasteiger partial charge in [-0.3, -0.25) is 4.79 Å². The molecule has 0 saturated carbocycles. The number of nitrogens with one attached hydrogen (secondary N) is 2. The van der Waals surface area contributed by atoms with Gasteiger partial charge in [0.15, 0.2) is 0 Å². The molecule has 7 heteroatoms. The Morgan fingerprint density at radius 3 is 2.52 bits per heavy atom. The minimum Gasteiger partial charge on any atom is -0.497 e. The fourth-order valence-electron chi connectivity index (χ4n) is 2.03. The van der Waals surface area contributed by atoms with Gasteiger partial charge in [-0.15, -0.1) is 0 Å². The highest BCUT2D eigenvalue weighted by molar-refractivity contribution is 7.89. The molecule has 1 amide bonds. The maximum Gasteiger partial charge on any atom is 0.255 e. The molecule has 122 valence electrons. The number of rotatable bonds is 5. The fraction of sp³-hybridized carbons (Fsp3) is 0.188. The van der Waals surface area contributed by atoms with Crippen molar-refractivity contribution in [3.8, 4) is 5.75 Å². The van der Waals surface area contributed by atoms with Crippen molar-refractivity contribution < 1.29 is 17.9 Å². The van der Waals surface area contributed by atoms with Gasteiger partial charge >= 0.3 is 0 Å². The Hall–Kier alpha value is -2.38. The molecule has 0 unspecified atom stereocenters. The molecule has 0 radical (unpaired) electrons. The van der Waals surface area contributed by atoms with Crippen molar-refractivity contribution in [2.75, 3.05) is 19.5 Å². The van der Waals surface area contributed by atoms with E-state index in [1.54, 1.807) is 37.3 Å². The topological polar surface area (TPSA) is 84.5 Å². The number of methoxy groups -OCH3 is 1. The molecule has 2 rings (SSSR count). The number of carbonyl (C=O) groups excluding carboxylic acids is 1. The molecular formula is C16H18N2O4S. The predicted octanol–water partition coefficient (Wildman–Crippen LogP) is 2.16. The first-order chi connectivity index (χ1) is 10.9. The van der Waals surface area contributed by atoms with Gasteiger partial charge in [0.25, 0.3) is 5.91 Å². The Labute approximate surface area is 135 Å². The third kappa shape index (κ3) is 3.88. The maximum atomic E-state index is 12.4. The largest absolute Gasteiger partial charge is 0.497 e. The Kier molecular flexibility index (Phi) is 5.02. The van der Waals surface area contributed by atoms with Crippen molar-refractivity contribution in [3.63, 3.8) is 0 Å². The molecular weight excluding hydrogens is 316 g/mol. The molecule has 0 fully saturated rings. The summed E-state index contributed by atoms with van der Waals surface area (Å²) in [7, 11) is -0.741. The third-order valence-corrected chi connectivity index (χ3v) is 4.77. The van der Waals surface area contributed by atoms with Crippen LogP contribution in [0.5, 0.6) is 5.75 Å². The molecule has 0 saturated heterocycles. The molecule has 23 heavy (non-hydrogen) atoms. The van der Waals surface area contributed by atoms with Crippen LogP contribution >= 0.6 is 0 Å². The smallest absolute Gasteiger partial charge is 0.255 e. The van der Waals surface area contributed by atoms with E-state index in [1.807, 2.05) is 0 Å². The zero-order valence-electron chi connectivity index (χ0n) is 13.1. The van der Waals surface area contributed by atoms with E-state index < -0.39 is 10.0 Å². The summed E-state index contributed by atoms with van der Waals surface area (Å²) < 4.78 is 31.1. The first kappa shape index (κ1) is 17.0. The summed E-state index contributed by atoms with van der Waals surface area (Å²) in [5, 5.41) is 2.74. The summed E-state index contributed by atoms with van der Waals surface area (Å²) >= 11 is 0.